The smallest absolute Gasteiger partial charge is 0.280 e. The zero-order valence-corrected chi connectivity index (χ0v) is 13.8. The Balaban J connectivity index is 0.000000540. The predicted octanol–water partition coefficient (Wildman–Crippen LogP) is 3.73. The van der Waals surface area contributed by atoms with Crippen molar-refractivity contribution in [3.05, 3.63) is 28.8 Å². The first-order chi connectivity index (χ1) is 10.5. The van der Waals surface area contributed by atoms with Crippen LogP contribution < -0.4 is 5.32 Å². The molecule has 4 nitrogen and oxygen atoms in total. The van der Waals surface area contributed by atoms with Gasteiger partial charge in [0.25, 0.3) is 6.43 Å². The Kier molecular flexibility index (Phi) is 9.93. The van der Waals surface area contributed by atoms with Gasteiger partial charge in [0.15, 0.2) is 0 Å². The van der Waals surface area contributed by atoms with Crippen molar-refractivity contribution >= 4 is 17.7 Å². The van der Waals surface area contributed by atoms with Crippen LogP contribution in [0, 0.1) is 6.92 Å². The molecule has 0 radical (unpaired) electrons. The number of thiophene rings is 1. The minimum atomic E-state index is -2.47. The van der Waals surface area contributed by atoms with Crippen molar-refractivity contribution in [1.29, 1.82) is 0 Å². The van der Waals surface area contributed by atoms with Crippen molar-refractivity contribution in [2.45, 2.75) is 20.3 Å². The number of alkyl halides is 3. The predicted molar refractivity (Wildman–Crippen MR) is 83.0 cm³/mol. The normalized spacial score (nSPS) is 9.45. The second kappa shape index (κ2) is 10.8. The third-order valence-electron chi connectivity index (χ3n) is 2.42. The highest BCUT2D eigenvalue weighted by molar-refractivity contribution is 7.15. The van der Waals surface area contributed by atoms with Gasteiger partial charge in [0, 0.05) is 18.5 Å². The number of carbonyl (C=O) groups excluding carboxylic acids is 1. The van der Waals surface area contributed by atoms with Crippen LogP contribution in [0.5, 0.6) is 0 Å². The van der Waals surface area contributed by atoms with Crippen molar-refractivity contribution < 1.29 is 18.0 Å². The lowest BCUT2D eigenvalue weighted by Gasteiger charge is -1.96. The lowest BCUT2D eigenvalue weighted by Crippen LogP contribution is -2.07. The van der Waals surface area contributed by atoms with Crippen LogP contribution in [-0.4, -0.2) is 29.9 Å². The highest BCUT2D eigenvalue weighted by atomic mass is 32.1. The molecule has 0 aliphatic carbocycles. The van der Waals surface area contributed by atoms with E-state index in [1.54, 1.807) is 11.3 Å². The number of rotatable bonds is 4. The molecule has 1 amide bonds. The second-order valence-corrected chi connectivity index (χ2v) is 5.25. The number of halogens is 3. The van der Waals surface area contributed by atoms with Crippen LogP contribution in [0.2, 0.25) is 0 Å². The molecule has 0 fully saturated rings. The summed E-state index contributed by atoms with van der Waals surface area (Å²) in [6, 6.07) is 5.30. The lowest BCUT2D eigenvalue weighted by atomic mass is 10.3. The van der Waals surface area contributed by atoms with Crippen molar-refractivity contribution in [3.8, 4) is 10.6 Å². The number of hydrogen-bond donors (Lipinski definition) is 1. The van der Waals surface area contributed by atoms with E-state index in [0.29, 0.717) is 19.3 Å². The summed E-state index contributed by atoms with van der Waals surface area (Å²) in [5.74, 6) is 0. The van der Waals surface area contributed by atoms with Crippen LogP contribution in [0.15, 0.2) is 18.2 Å². The molecule has 0 saturated heterocycles. The van der Waals surface area contributed by atoms with E-state index < -0.39 is 6.43 Å². The summed E-state index contributed by atoms with van der Waals surface area (Å²) in [7, 11) is 2.03. The van der Waals surface area contributed by atoms with E-state index in [4.69, 9.17) is 0 Å². The molecule has 0 aliphatic heterocycles. The summed E-state index contributed by atoms with van der Waals surface area (Å²) in [6.45, 7) is 4.57. The summed E-state index contributed by atoms with van der Waals surface area (Å²) in [5, 5.41) is 6.49. The number of aromatic nitrogens is 2. The second-order valence-electron chi connectivity index (χ2n) is 3.96. The largest absolute Gasteiger partial charge is 0.359 e. The van der Waals surface area contributed by atoms with Gasteiger partial charge in [-0.2, -0.15) is 5.10 Å². The number of carbonyl (C=O) groups is 1. The van der Waals surface area contributed by atoms with E-state index in [1.807, 2.05) is 26.0 Å². The van der Waals surface area contributed by atoms with Crippen molar-refractivity contribution in [2.24, 2.45) is 7.05 Å². The Morgan fingerprint density at radius 2 is 2.05 bits per heavy atom. The number of hydrogen-bond acceptors (Lipinski definition) is 3. The van der Waals surface area contributed by atoms with Gasteiger partial charge >= 0.3 is 0 Å². The molecule has 0 spiro atoms. The molecule has 2 heterocycles. The molecule has 0 aromatic carbocycles. The average molecular weight is 335 g/mol. The Morgan fingerprint density at radius 3 is 2.36 bits per heavy atom. The monoisotopic (exact) mass is 335 g/mol. The fraction of sp³-hybridized carbons (Fsp3) is 0.429. The highest BCUT2D eigenvalue weighted by Gasteiger charge is 2.15. The fourth-order valence-corrected chi connectivity index (χ4v) is 2.29. The van der Waals surface area contributed by atoms with Gasteiger partial charge in [0.1, 0.15) is 11.4 Å². The van der Waals surface area contributed by atoms with Crippen LogP contribution in [0.4, 0.5) is 13.2 Å². The molecule has 22 heavy (non-hydrogen) atoms. The van der Waals surface area contributed by atoms with Gasteiger partial charge in [-0.05, 0) is 32.0 Å². The summed E-state index contributed by atoms with van der Waals surface area (Å²) in [6.07, 6.45) is -1.79. The Labute approximate surface area is 132 Å². The summed E-state index contributed by atoms with van der Waals surface area (Å²) in [4.78, 5) is 11.4. The Bertz CT molecular complexity index is 555. The summed E-state index contributed by atoms with van der Waals surface area (Å²) < 4.78 is 35.7. The molecule has 2 aromatic rings. The first-order valence-corrected chi connectivity index (χ1v) is 7.25. The van der Waals surface area contributed by atoms with Gasteiger partial charge in [-0.3, -0.25) is 13.9 Å². The van der Waals surface area contributed by atoms with Crippen LogP contribution in [0.3, 0.4) is 0 Å². The number of amides is 1. The molecule has 0 bridgehead atoms. The lowest BCUT2D eigenvalue weighted by molar-refractivity contribution is -0.109. The Hall–Kier alpha value is -1.83. The zero-order valence-electron chi connectivity index (χ0n) is 12.9. The SMILES string of the molecule is CCNC=O.CF.Cc1ccc(-c2cc(C(F)F)n(C)n2)s1. The molecule has 8 heteroatoms. The molecule has 0 saturated carbocycles. The topological polar surface area (TPSA) is 46.9 Å². The van der Waals surface area contributed by atoms with Gasteiger partial charge < -0.3 is 5.32 Å². The van der Waals surface area contributed by atoms with Crippen molar-refractivity contribution in [1.82, 2.24) is 15.1 Å². The molecule has 0 unspecified atom stereocenters. The van der Waals surface area contributed by atoms with Crippen LogP contribution >= 0.6 is 11.3 Å². The molecular weight excluding hydrogens is 315 g/mol. The Morgan fingerprint density at radius 1 is 1.41 bits per heavy atom. The van der Waals surface area contributed by atoms with Gasteiger partial charge in [0.05, 0.1) is 12.1 Å². The van der Waals surface area contributed by atoms with E-state index in [1.165, 1.54) is 17.8 Å². The van der Waals surface area contributed by atoms with Crippen LogP contribution in [0.25, 0.3) is 10.6 Å². The highest BCUT2D eigenvalue weighted by Crippen LogP contribution is 2.29. The summed E-state index contributed by atoms with van der Waals surface area (Å²) in [5.41, 5.74) is 0.571. The number of nitrogens with one attached hydrogen (secondary N) is 1. The van der Waals surface area contributed by atoms with E-state index in [2.05, 4.69) is 10.4 Å². The summed E-state index contributed by atoms with van der Waals surface area (Å²) >= 11 is 1.55. The molecule has 0 aliphatic rings. The molecular formula is C14H20F3N3OS. The molecule has 2 aromatic heterocycles. The maximum atomic E-state index is 12.5. The average Bonchev–Trinajstić information content (AvgIpc) is 3.08. The number of nitrogens with zero attached hydrogens (tertiary/aromatic N) is 2. The van der Waals surface area contributed by atoms with Gasteiger partial charge in [0.2, 0.25) is 6.41 Å². The minimum absolute atomic E-state index is 0.0453. The van der Waals surface area contributed by atoms with Crippen molar-refractivity contribution in [2.75, 3.05) is 13.7 Å². The van der Waals surface area contributed by atoms with Gasteiger partial charge in [-0.25, -0.2) is 8.78 Å². The molecule has 2 rings (SSSR count). The third-order valence-corrected chi connectivity index (χ3v) is 3.44. The van der Waals surface area contributed by atoms with Crippen LogP contribution in [0.1, 0.15) is 23.9 Å². The molecule has 124 valence electrons. The first-order valence-electron chi connectivity index (χ1n) is 6.43. The molecule has 1 N–H and O–H groups in total. The molecule has 0 atom stereocenters. The van der Waals surface area contributed by atoms with E-state index in [9.17, 15) is 18.0 Å². The fourth-order valence-electron chi connectivity index (χ4n) is 1.46. The van der Waals surface area contributed by atoms with E-state index in [0.717, 1.165) is 16.3 Å². The van der Waals surface area contributed by atoms with Crippen LogP contribution in [-0.2, 0) is 11.8 Å². The quantitative estimate of drug-likeness (QED) is 0.866. The maximum Gasteiger partial charge on any atom is 0.280 e. The standard InChI is InChI=1S/C10H10F2N2S.C3H7NO.CH3F/c1-6-3-4-9(15-6)7-5-8(10(11)12)14(2)13-7;1-2-4-3-5;1-2/h3-5,10H,1-2H3;3H,2H2,1H3,(H,4,5);1H3. The van der Waals surface area contributed by atoms with E-state index in [-0.39, 0.29) is 5.69 Å². The van der Waals surface area contributed by atoms with E-state index >= 15 is 0 Å². The third kappa shape index (κ3) is 6.30. The van der Waals surface area contributed by atoms with Gasteiger partial charge in [-0.15, -0.1) is 11.3 Å². The minimum Gasteiger partial charge on any atom is -0.359 e. The maximum absolute atomic E-state index is 12.5. The van der Waals surface area contributed by atoms with Gasteiger partial charge in [-0.1, -0.05) is 0 Å². The first kappa shape index (κ1) is 20.2. The zero-order chi connectivity index (χ0) is 17.1. The number of aryl methyl sites for hydroxylation is 2. The van der Waals surface area contributed by atoms with Crippen molar-refractivity contribution in [3.63, 3.8) is 0 Å².